The van der Waals surface area contributed by atoms with Gasteiger partial charge in [-0.3, -0.25) is 9.38 Å². The van der Waals surface area contributed by atoms with Gasteiger partial charge in [0, 0.05) is 30.8 Å². The average Bonchev–Trinajstić information content (AvgIpc) is 2.98. The van der Waals surface area contributed by atoms with Crippen LogP contribution in [0.15, 0.2) is 24.7 Å². The van der Waals surface area contributed by atoms with Crippen LogP contribution in [0.25, 0.3) is 16.9 Å². The third-order valence-electron chi connectivity index (χ3n) is 4.11. The second-order valence-electron chi connectivity index (χ2n) is 6.19. The van der Waals surface area contributed by atoms with Crippen LogP contribution in [0.5, 0.6) is 5.88 Å². The first-order chi connectivity index (χ1) is 12.3. The van der Waals surface area contributed by atoms with Crippen LogP contribution < -0.4 is 4.74 Å². The van der Waals surface area contributed by atoms with E-state index in [-0.39, 0.29) is 11.7 Å². The Morgan fingerprint density at radius 2 is 2.00 bits per heavy atom. The number of fused-ring (bicyclic) bond motifs is 1. The molecular formula is C16H13F4N5O. The lowest BCUT2D eigenvalue weighted by Crippen LogP contribution is -2.43. The van der Waals surface area contributed by atoms with E-state index in [9.17, 15) is 17.6 Å². The third-order valence-corrected chi connectivity index (χ3v) is 4.11. The van der Waals surface area contributed by atoms with Crippen molar-refractivity contribution in [3.63, 3.8) is 0 Å². The van der Waals surface area contributed by atoms with Crippen molar-refractivity contribution in [2.75, 3.05) is 0 Å². The van der Waals surface area contributed by atoms with E-state index < -0.39 is 36.9 Å². The molecule has 0 aliphatic heterocycles. The van der Waals surface area contributed by atoms with E-state index in [0.29, 0.717) is 16.9 Å². The number of hydrogen-bond donors (Lipinski definition) is 0. The predicted octanol–water partition coefficient (Wildman–Crippen LogP) is 3.53. The largest absolute Gasteiger partial charge is 0.472 e. The Balaban J connectivity index is 1.61. The number of alkyl halides is 3. The summed E-state index contributed by atoms with van der Waals surface area (Å²) >= 11 is 0. The summed E-state index contributed by atoms with van der Waals surface area (Å²) in [5.74, 6) is -3.78. The first kappa shape index (κ1) is 16.7. The molecule has 1 fully saturated rings. The summed E-state index contributed by atoms with van der Waals surface area (Å²) in [5.41, 5.74) is 1.00. The van der Waals surface area contributed by atoms with Crippen molar-refractivity contribution in [2.45, 2.75) is 38.0 Å². The maximum Gasteiger partial charge on any atom is 0.255 e. The fourth-order valence-corrected chi connectivity index (χ4v) is 2.74. The van der Waals surface area contributed by atoms with Crippen molar-refractivity contribution in [1.82, 2.24) is 24.6 Å². The minimum absolute atomic E-state index is 0.1000. The summed E-state index contributed by atoms with van der Waals surface area (Å²) in [6.45, 7) is 1.33. The minimum Gasteiger partial charge on any atom is -0.472 e. The first-order valence-corrected chi connectivity index (χ1v) is 7.87. The third kappa shape index (κ3) is 2.95. The van der Waals surface area contributed by atoms with Gasteiger partial charge in [0.15, 0.2) is 23.5 Å². The van der Waals surface area contributed by atoms with Crippen molar-refractivity contribution >= 4 is 5.65 Å². The lowest BCUT2D eigenvalue weighted by atomic mass is 9.91. The second kappa shape index (κ2) is 5.89. The lowest BCUT2D eigenvalue weighted by molar-refractivity contribution is -0.136. The molecule has 1 aliphatic rings. The van der Waals surface area contributed by atoms with E-state index in [1.165, 1.54) is 29.9 Å². The summed E-state index contributed by atoms with van der Waals surface area (Å²) < 4.78 is 60.0. The molecule has 0 amide bonds. The molecule has 26 heavy (non-hydrogen) atoms. The van der Waals surface area contributed by atoms with Gasteiger partial charge >= 0.3 is 0 Å². The van der Waals surface area contributed by atoms with Gasteiger partial charge in [-0.25, -0.2) is 22.5 Å². The number of halogens is 4. The van der Waals surface area contributed by atoms with Gasteiger partial charge in [-0.2, -0.15) is 0 Å². The quantitative estimate of drug-likeness (QED) is 0.660. The van der Waals surface area contributed by atoms with Gasteiger partial charge in [-0.1, -0.05) is 0 Å². The van der Waals surface area contributed by atoms with E-state index in [1.807, 2.05) is 0 Å². The molecule has 1 atom stereocenters. The van der Waals surface area contributed by atoms with Crippen LogP contribution >= 0.6 is 0 Å². The summed E-state index contributed by atoms with van der Waals surface area (Å²) in [6, 6.07) is 1.14. The van der Waals surface area contributed by atoms with E-state index in [1.54, 1.807) is 0 Å². The smallest absolute Gasteiger partial charge is 0.255 e. The van der Waals surface area contributed by atoms with Gasteiger partial charge in [0.25, 0.3) is 11.8 Å². The lowest BCUT2D eigenvalue weighted by Gasteiger charge is -2.34. The Morgan fingerprint density at radius 1 is 1.23 bits per heavy atom. The molecule has 1 unspecified atom stereocenters. The van der Waals surface area contributed by atoms with E-state index >= 15 is 0 Å². The Bertz CT molecular complexity index is 966. The highest BCUT2D eigenvalue weighted by Crippen LogP contribution is 2.40. The number of pyridine rings is 1. The number of hydrogen-bond acceptors (Lipinski definition) is 5. The zero-order chi connectivity index (χ0) is 18.5. The van der Waals surface area contributed by atoms with Crippen molar-refractivity contribution < 1.29 is 22.3 Å². The van der Waals surface area contributed by atoms with E-state index in [4.69, 9.17) is 4.74 Å². The molecule has 0 saturated heterocycles. The summed E-state index contributed by atoms with van der Waals surface area (Å²) in [5, 5.41) is 7.55. The van der Waals surface area contributed by atoms with Gasteiger partial charge in [0.05, 0.1) is 11.9 Å². The maximum atomic E-state index is 14.2. The first-order valence-electron chi connectivity index (χ1n) is 7.87. The van der Waals surface area contributed by atoms with E-state index in [2.05, 4.69) is 20.2 Å². The number of rotatable bonds is 4. The molecule has 6 nitrogen and oxygen atoms in total. The zero-order valence-electron chi connectivity index (χ0n) is 13.5. The summed E-state index contributed by atoms with van der Waals surface area (Å²) in [7, 11) is 0. The van der Waals surface area contributed by atoms with E-state index in [0.717, 1.165) is 6.07 Å². The summed E-state index contributed by atoms with van der Waals surface area (Å²) in [6.07, 6.45) is 1.17. The normalized spacial score (nSPS) is 17.9. The van der Waals surface area contributed by atoms with Crippen LogP contribution in [0.2, 0.25) is 0 Å². The van der Waals surface area contributed by atoms with Crippen molar-refractivity contribution in [1.29, 1.82) is 0 Å². The van der Waals surface area contributed by atoms with Gasteiger partial charge in [0.2, 0.25) is 0 Å². The molecule has 0 aromatic carbocycles. The SMILES string of the molecule is CC(F)c1nnc2cnc(-c3cnc(OC4CC(F)(F)C4)c(F)c3)cn12. The Labute approximate surface area is 144 Å². The topological polar surface area (TPSA) is 65.2 Å². The molecule has 3 aromatic rings. The van der Waals surface area contributed by atoms with Crippen LogP contribution in [-0.4, -0.2) is 36.6 Å². The molecule has 0 bridgehead atoms. The Hall–Kier alpha value is -2.78. The zero-order valence-corrected chi connectivity index (χ0v) is 13.5. The highest BCUT2D eigenvalue weighted by atomic mass is 19.3. The molecule has 3 heterocycles. The number of aromatic nitrogens is 5. The van der Waals surface area contributed by atoms with Crippen molar-refractivity contribution in [2.24, 2.45) is 0 Å². The molecule has 1 aliphatic carbocycles. The molecule has 0 N–H and O–H groups in total. The molecule has 136 valence electrons. The van der Waals surface area contributed by atoms with Gasteiger partial charge in [-0.15, -0.1) is 10.2 Å². The van der Waals surface area contributed by atoms with Gasteiger partial charge < -0.3 is 4.74 Å². The van der Waals surface area contributed by atoms with Gasteiger partial charge in [0.1, 0.15) is 6.10 Å². The second-order valence-corrected chi connectivity index (χ2v) is 6.19. The van der Waals surface area contributed by atoms with Crippen LogP contribution in [0.1, 0.15) is 31.8 Å². The minimum atomic E-state index is -2.76. The molecule has 3 aromatic heterocycles. The van der Waals surface area contributed by atoms with Crippen LogP contribution in [0.4, 0.5) is 17.6 Å². The average molecular weight is 367 g/mol. The van der Waals surface area contributed by atoms with Crippen molar-refractivity contribution in [3.05, 3.63) is 36.3 Å². The van der Waals surface area contributed by atoms with Crippen molar-refractivity contribution in [3.8, 4) is 17.1 Å². The standard InChI is InChI=1S/C16H13F4N5O/c1-8(17)14-24-23-13-6-21-12(7-25(13)14)9-2-11(18)15(22-5-9)26-10-3-16(19,20)4-10/h2,5-8,10H,3-4H2,1H3. The fraction of sp³-hybridized carbons (Fsp3) is 0.375. The number of ether oxygens (including phenoxy) is 1. The number of nitrogens with zero attached hydrogens (tertiary/aromatic N) is 5. The molecule has 0 spiro atoms. The molecular weight excluding hydrogens is 354 g/mol. The molecule has 1 saturated carbocycles. The Morgan fingerprint density at radius 3 is 2.65 bits per heavy atom. The summed E-state index contributed by atoms with van der Waals surface area (Å²) in [4.78, 5) is 7.99. The maximum absolute atomic E-state index is 14.2. The van der Waals surface area contributed by atoms with Gasteiger partial charge in [-0.05, 0) is 13.0 Å². The molecule has 0 radical (unpaired) electrons. The monoisotopic (exact) mass is 367 g/mol. The molecule has 10 heteroatoms. The highest BCUT2D eigenvalue weighted by molar-refractivity contribution is 5.59. The van der Waals surface area contributed by atoms with Crippen LogP contribution in [0, 0.1) is 5.82 Å². The van der Waals surface area contributed by atoms with Crippen LogP contribution in [0.3, 0.4) is 0 Å². The molecule has 4 rings (SSSR count). The fourth-order valence-electron chi connectivity index (χ4n) is 2.74. The highest BCUT2D eigenvalue weighted by Gasteiger charge is 2.47. The Kier molecular flexibility index (Phi) is 3.78. The predicted molar refractivity (Wildman–Crippen MR) is 82.1 cm³/mol. The van der Waals surface area contributed by atoms with Crippen LogP contribution in [-0.2, 0) is 0 Å².